The lowest BCUT2D eigenvalue weighted by molar-refractivity contribution is -0.139. The van der Waals surface area contributed by atoms with Crippen molar-refractivity contribution in [1.29, 1.82) is 0 Å². The number of hydrogen-bond donors (Lipinski definition) is 2. The molecule has 3 rings (SSSR count). The summed E-state index contributed by atoms with van der Waals surface area (Å²) in [6.07, 6.45) is 0.407. The minimum Gasteiger partial charge on any atom is -0.481 e. The van der Waals surface area contributed by atoms with Gasteiger partial charge in [0.2, 0.25) is 5.95 Å². The van der Waals surface area contributed by atoms with Crippen LogP contribution >= 0.6 is 23.2 Å². The molecule has 0 saturated carbocycles. The monoisotopic (exact) mass is 326 g/mol. The fourth-order valence-corrected chi connectivity index (χ4v) is 3.24. The number of aromatic nitrogens is 3. The lowest BCUT2D eigenvalue weighted by Crippen LogP contribution is -2.28. The first-order valence-electron chi connectivity index (χ1n) is 6.33. The zero-order chi connectivity index (χ0) is 15.1. The van der Waals surface area contributed by atoms with Gasteiger partial charge in [0.15, 0.2) is 0 Å². The third kappa shape index (κ3) is 2.69. The Hall–Kier alpha value is -1.79. The normalized spacial score (nSPS) is 21.0. The number of anilines is 1. The van der Waals surface area contributed by atoms with E-state index in [1.165, 1.54) is 0 Å². The Kier molecular flexibility index (Phi) is 3.51. The van der Waals surface area contributed by atoms with Crippen molar-refractivity contribution < 1.29 is 9.90 Å². The third-order valence-electron chi connectivity index (χ3n) is 3.60. The molecule has 2 heterocycles. The molecule has 1 aliphatic heterocycles. The van der Waals surface area contributed by atoms with Crippen LogP contribution in [0.5, 0.6) is 0 Å². The van der Waals surface area contributed by atoms with E-state index < -0.39 is 11.9 Å². The average Bonchev–Trinajstić information content (AvgIpc) is 2.76. The maximum Gasteiger partial charge on any atom is 0.314 e. The SMILES string of the molecule is Nc1nc2n(n1)CC(c1cc(Cl)cc(Cl)c1)CC2C(=O)O. The fraction of sp³-hybridized carbons (Fsp3) is 0.308. The Morgan fingerprint density at radius 1 is 1.33 bits per heavy atom. The van der Waals surface area contributed by atoms with Gasteiger partial charge in [-0.1, -0.05) is 23.2 Å². The molecule has 1 aromatic carbocycles. The highest BCUT2D eigenvalue weighted by atomic mass is 35.5. The molecular weight excluding hydrogens is 315 g/mol. The molecule has 0 fully saturated rings. The van der Waals surface area contributed by atoms with Gasteiger partial charge in [-0.3, -0.25) is 4.79 Å². The lowest BCUT2D eigenvalue weighted by Gasteiger charge is -2.27. The van der Waals surface area contributed by atoms with E-state index in [0.29, 0.717) is 28.8 Å². The number of carboxylic acid groups (broad SMARTS) is 1. The predicted molar refractivity (Wildman–Crippen MR) is 78.6 cm³/mol. The first-order chi connectivity index (χ1) is 9.94. The number of aliphatic carboxylic acids is 1. The summed E-state index contributed by atoms with van der Waals surface area (Å²) in [5, 5.41) is 14.5. The number of hydrogen-bond acceptors (Lipinski definition) is 4. The van der Waals surface area contributed by atoms with Gasteiger partial charge in [-0.2, -0.15) is 4.98 Å². The van der Waals surface area contributed by atoms with Crippen LogP contribution in [0, 0.1) is 0 Å². The standard InChI is InChI=1S/C13H12Cl2N4O2/c14-8-1-6(2-9(15)4-8)7-3-10(12(20)21)11-17-13(16)18-19(11)5-7/h1-2,4,7,10H,3,5H2,(H2,16,18)(H,20,21). The number of halogens is 2. The van der Waals surface area contributed by atoms with Crippen LogP contribution in [0.3, 0.4) is 0 Å². The minimum atomic E-state index is -0.943. The maximum absolute atomic E-state index is 11.5. The second kappa shape index (κ2) is 5.20. The summed E-state index contributed by atoms with van der Waals surface area (Å²) in [6.45, 7) is 0.500. The van der Waals surface area contributed by atoms with Gasteiger partial charge in [-0.25, -0.2) is 4.68 Å². The number of nitrogens with zero attached hydrogens (tertiary/aromatic N) is 3. The van der Waals surface area contributed by atoms with E-state index >= 15 is 0 Å². The van der Waals surface area contributed by atoms with Crippen molar-refractivity contribution in [3.8, 4) is 0 Å². The Morgan fingerprint density at radius 2 is 2.00 bits per heavy atom. The molecule has 2 unspecified atom stereocenters. The first kappa shape index (κ1) is 14.2. The van der Waals surface area contributed by atoms with Crippen LogP contribution in [0.1, 0.15) is 29.6 Å². The number of carbonyl (C=O) groups is 1. The number of fused-ring (bicyclic) bond motifs is 1. The third-order valence-corrected chi connectivity index (χ3v) is 4.03. The molecule has 0 amide bonds. The van der Waals surface area contributed by atoms with Crippen LogP contribution in [0.4, 0.5) is 5.95 Å². The number of nitrogens with two attached hydrogens (primary N) is 1. The molecule has 0 radical (unpaired) electrons. The Morgan fingerprint density at radius 3 is 2.62 bits per heavy atom. The highest BCUT2D eigenvalue weighted by Crippen LogP contribution is 2.37. The van der Waals surface area contributed by atoms with Crippen molar-refractivity contribution in [3.63, 3.8) is 0 Å². The van der Waals surface area contributed by atoms with Gasteiger partial charge >= 0.3 is 5.97 Å². The average molecular weight is 327 g/mol. The minimum absolute atomic E-state index is 0.0594. The predicted octanol–water partition coefficient (Wildman–Crippen LogP) is 2.52. The van der Waals surface area contributed by atoms with Crippen molar-refractivity contribution in [2.24, 2.45) is 0 Å². The highest BCUT2D eigenvalue weighted by Gasteiger charge is 2.35. The van der Waals surface area contributed by atoms with Gasteiger partial charge in [0.1, 0.15) is 11.7 Å². The number of benzene rings is 1. The fourth-order valence-electron chi connectivity index (χ4n) is 2.70. The summed E-state index contributed by atoms with van der Waals surface area (Å²) in [4.78, 5) is 15.5. The highest BCUT2D eigenvalue weighted by molar-refractivity contribution is 6.34. The summed E-state index contributed by atoms with van der Waals surface area (Å²) in [7, 11) is 0. The first-order valence-corrected chi connectivity index (χ1v) is 7.08. The zero-order valence-corrected chi connectivity index (χ0v) is 12.3. The van der Waals surface area contributed by atoms with E-state index in [2.05, 4.69) is 10.1 Å². The Labute approximate surface area is 130 Å². The zero-order valence-electron chi connectivity index (χ0n) is 10.8. The molecule has 8 heteroatoms. The largest absolute Gasteiger partial charge is 0.481 e. The second-order valence-electron chi connectivity index (χ2n) is 5.04. The van der Waals surface area contributed by atoms with Gasteiger partial charge in [-0.05, 0) is 30.2 Å². The lowest BCUT2D eigenvalue weighted by atomic mass is 9.85. The quantitative estimate of drug-likeness (QED) is 0.884. The molecule has 2 atom stereocenters. The van der Waals surface area contributed by atoms with Crippen LogP contribution in [0.2, 0.25) is 10.0 Å². The molecule has 21 heavy (non-hydrogen) atoms. The smallest absolute Gasteiger partial charge is 0.314 e. The van der Waals surface area contributed by atoms with Gasteiger partial charge in [0.05, 0.1) is 6.54 Å². The molecule has 1 aliphatic rings. The topological polar surface area (TPSA) is 94.0 Å². The molecular formula is C13H12Cl2N4O2. The van der Waals surface area contributed by atoms with E-state index in [-0.39, 0.29) is 11.9 Å². The van der Waals surface area contributed by atoms with Crippen molar-refractivity contribution in [2.45, 2.75) is 24.8 Å². The summed E-state index contributed by atoms with van der Waals surface area (Å²) >= 11 is 12.0. The number of carboxylic acids is 1. The van der Waals surface area contributed by atoms with Gasteiger partial charge in [-0.15, -0.1) is 5.10 Å². The molecule has 6 nitrogen and oxygen atoms in total. The van der Waals surface area contributed by atoms with Crippen molar-refractivity contribution in [3.05, 3.63) is 39.6 Å². The van der Waals surface area contributed by atoms with Crippen LogP contribution < -0.4 is 5.73 Å². The molecule has 0 spiro atoms. The van der Waals surface area contributed by atoms with E-state index in [1.807, 2.05) is 0 Å². The molecule has 110 valence electrons. The number of rotatable bonds is 2. The van der Waals surface area contributed by atoms with E-state index in [0.717, 1.165) is 5.56 Å². The van der Waals surface area contributed by atoms with E-state index in [9.17, 15) is 9.90 Å². The van der Waals surface area contributed by atoms with Crippen molar-refractivity contribution >= 4 is 35.1 Å². The number of nitrogen functional groups attached to an aromatic ring is 1. The van der Waals surface area contributed by atoms with Crippen LogP contribution in [-0.4, -0.2) is 25.8 Å². The molecule has 0 saturated heterocycles. The van der Waals surface area contributed by atoms with Gasteiger partial charge < -0.3 is 10.8 Å². The molecule has 2 aromatic rings. The molecule has 1 aromatic heterocycles. The summed E-state index contributed by atoms with van der Waals surface area (Å²) < 4.78 is 1.55. The maximum atomic E-state index is 11.5. The van der Waals surface area contributed by atoms with Crippen LogP contribution in [-0.2, 0) is 11.3 Å². The van der Waals surface area contributed by atoms with E-state index in [1.54, 1.807) is 22.9 Å². The van der Waals surface area contributed by atoms with Gasteiger partial charge in [0, 0.05) is 16.0 Å². The molecule has 3 N–H and O–H groups in total. The molecule has 0 aliphatic carbocycles. The second-order valence-corrected chi connectivity index (χ2v) is 5.91. The molecule has 0 bridgehead atoms. The summed E-state index contributed by atoms with van der Waals surface area (Å²) in [5.41, 5.74) is 6.46. The van der Waals surface area contributed by atoms with Crippen LogP contribution in [0.25, 0.3) is 0 Å². The summed E-state index contributed by atoms with van der Waals surface area (Å²) in [5.74, 6) is -1.27. The van der Waals surface area contributed by atoms with Gasteiger partial charge in [0.25, 0.3) is 0 Å². The summed E-state index contributed by atoms with van der Waals surface area (Å²) in [6, 6.07) is 5.23. The van der Waals surface area contributed by atoms with Crippen molar-refractivity contribution in [2.75, 3.05) is 5.73 Å². The van der Waals surface area contributed by atoms with E-state index in [4.69, 9.17) is 28.9 Å². The van der Waals surface area contributed by atoms with Crippen molar-refractivity contribution in [1.82, 2.24) is 14.8 Å². The Balaban J connectivity index is 2.01. The van der Waals surface area contributed by atoms with Crippen LogP contribution in [0.15, 0.2) is 18.2 Å². The Bertz CT molecular complexity index is 696.